The fourth-order valence-corrected chi connectivity index (χ4v) is 4.00. The molecule has 0 bridgehead atoms. The molecule has 0 unspecified atom stereocenters. The Morgan fingerprint density at radius 1 is 1.03 bits per heavy atom. The third kappa shape index (κ3) is 3.70. The summed E-state index contributed by atoms with van der Waals surface area (Å²) in [4.78, 5) is 51.9. The zero-order valence-electron chi connectivity index (χ0n) is 16.8. The van der Waals surface area contributed by atoms with E-state index in [0.717, 1.165) is 24.2 Å². The highest BCUT2D eigenvalue weighted by atomic mass is 16.2. The molecule has 2 aliphatic rings. The third-order valence-electron chi connectivity index (χ3n) is 5.51. The van der Waals surface area contributed by atoms with Gasteiger partial charge in [-0.1, -0.05) is 12.1 Å². The number of fused-ring (bicyclic) bond motifs is 1. The van der Waals surface area contributed by atoms with E-state index in [-0.39, 0.29) is 36.6 Å². The number of benzene rings is 2. The Balaban J connectivity index is 1.30. The largest absolute Gasteiger partial charge is 0.326 e. The average Bonchev–Trinajstić information content (AvgIpc) is 3.25. The van der Waals surface area contributed by atoms with E-state index in [0.29, 0.717) is 29.7 Å². The molecule has 2 aromatic carbocycles. The molecule has 1 fully saturated rings. The monoisotopic (exact) mass is 405 g/mol. The van der Waals surface area contributed by atoms with Gasteiger partial charge in [-0.15, -0.1) is 0 Å². The molecule has 4 rings (SSSR count). The van der Waals surface area contributed by atoms with Crippen molar-refractivity contribution >= 4 is 35.0 Å². The smallest absolute Gasteiger partial charge is 0.261 e. The summed E-state index contributed by atoms with van der Waals surface area (Å²) in [6, 6.07) is 12.2. The zero-order chi connectivity index (χ0) is 21.3. The highest BCUT2D eigenvalue weighted by Crippen LogP contribution is 2.27. The van der Waals surface area contributed by atoms with Crippen molar-refractivity contribution < 1.29 is 19.2 Å². The molecule has 0 aromatic heterocycles. The van der Waals surface area contributed by atoms with Gasteiger partial charge in [0.2, 0.25) is 11.8 Å². The molecule has 30 heavy (non-hydrogen) atoms. The summed E-state index contributed by atoms with van der Waals surface area (Å²) < 4.78 is 0. The summed E-state index contributed by atoms with van der Waals surface area (Å²) >= 11 is 0. The second-order valence-electron chi connectivity index (χ2n) is 7.61. The summed E-state index contributed by atoms with van der Waals surface area (Å²) in [6.45, 7) is 2.84. The van der Waals surface area contributed by atoms with Crippen molar-refractivity contribution in [1.82, 2.24) is 4.90 Å². The number of carbonyl (C=O) groups excluding carboxylic acids is 4. The summed E-state index contributed by atoms with van der Waals surface area (Å²) in [6.07, 6.45) is 2.02. The standard InChI is InChI=1S/C23H23N3O4/c1-15-14-16(10-11-19(15)25-12-5-9-21(25)28)24-20(27)8-4-13-26-22(29)17-6-2-3-7-18(17)23(26)30/h2-3,6-7,10-11,14H,4-5,8-9,12-13H2,1H3,(H,24,27). The van der Waals surface area contributed by atoms with Crippen LogP contribution in [0.25, 0.3) is 0 Å². The number of rotatable bonds is 6. The first-order chi connectivity index (χ1) is 14.5. The molecule has 0 saturated carbocycles. The fourth-order valence-electron chi connectivity index (χ4n) is 4.00. The van der Waals surface area contributed by atoms with Crippen LogP contribution in [0.15, 0.2) is 42.5 Å². The van der Waals surface area contributed by atoms with Gasteiger partial charge >= 0.3 is 0 Å². The van der Waals surface area contributed by atoms with E-state index in [1.165, 1.54) is 4.90 Å². The Bertz CT molecular complexity index is 1010. The van der Waals surface area contributed by atoms with Gasteiger partial charge in [-0.25, -0.2) is 0 Å². The first kappa shape index (κ1) is 19.8. The Morgan fingerprint density at radius 3 is 2.33 bits per heavy atom. The van der Waals surface area contributed by atoms with Crippen LogP contribution >= 0.6 is 0 Å². The molecule has 1 saturated heterocycles. The maximum absolute atomic E-state index is 12.4. The molecule has 1 N–H and O–H groups in total. The van der Waals surface area contributed by atoms with Gasteiger partial charge in [0.25, 0.3) is 11.8 Å². The van der Waals surface area contributed by atoms with Crippen LogP contribution in [0, 0.1) is 6.92 Å². The zero-order valence-corrected chi connectivity index (χ0v) is 16.8. The van der Waals surface area contributed by atoms with Gasteiger partial charge in [0.1, 0.15) is 0 Å². The van der Waals surface area contributed by atoms with Gasteiger partial charge in [0, 0.05) is 37.3 Å². The molecule has 7 nitrogen and oxygen atoms in total. The molecule has 0 aliphatic carbocycles. The maximum atomic E-state index is 12.4. The summed E-state index contributed by atoms with van der Waals surface area (Å²) in [5.41, 5.74) is 3.29. The van der Waals surface area contributed by atoms with Crippen molar-refractivity contribution in [3.05, 3.63) is 59.2 Å². The number of nitrogens with zero attached hydrogens (tertiary/aromatic N) is 2. The van der Waals surface area contributed by atoms with Crippen molar-refractivity contribution in [2.75, 3.05) is 23.3 Å². The number of aryl methyl sites for hydroxylation is 1. The first-order valence-electron chi connectivity index (χ1n) is 10.1. The molecule has 2 heterocycles. The quantitative estimate of drug-likeness (QED) is 0.748. The molecule has 154 valence electrons. The van der Waals surface area contributed by atoms with E-state index < -0.39 is 0 Å². The molecular weight excluding hydrogens is 382 g/mol. The number of carbonyl (C=O) groups is 4. The van der Waals surface area contributed by atoms with Crippen LogP contribution in [0.2, 0.25) is 0 Å². The number of amides is 4. The van der Waals surface area contributed by atoms with Gasteiger partial charge in [0.15, 0.2) is 0 Å². The highest BCUT2D eigenvalue weighted by Gasteiger charge is 2.34. The Hall–Kier alpha value is -3.48. The second kappa shape index (κ2) is 8.10. The van der Waals surface area contributed by atoms with Crippen LogP contribution in [0.3, 0.4) is 0 Å². The lowest BCUT2D eigenvalue weighted by Gasteiger charge is -2.19. The molecule has 0 atom stereocenters. The minimum absolute atomic E-state index is 0.128. The second-order valence-corrected chi connectivity index (χ2v) is 7.61. The van der Waals surface area contributed by atoms with Crippen LogP contribution in [0.4, 0.5) is 11.4 Å². The van der Waals surface area contributed by atoms with Gasteiger partial charge in [-0.3, -0.25) is 24.1 Å². The third-order valence-corrected chi connectivity index (χ3v) is 5.51. The number of hydrogen-bond acceptors (Lipinski definition) is 4. The van der Waals surface area contributed by atoms with Crippen LogP contribution in [0.1, 0.15) is 52.0 Å². The predicted molar refractivity (Wildman–Crippen MR) is 112 cm³/mol. The van der Waals surface area contributed by atoms with Gasteiger partial charge in [0.05, 0.1) is 11.1 Å². The Labute approximate surface area is 174 Å². The van der Waals surface area contributed by atoms with Gasteiger partial charge < -0.3 is 10.2 Å². The topological polar surface area (TPSA) is 86.8 Å². The highest BCUT2D eigenvalue weighted by molar-refractivity contribution is 6.21. The van der Waals surface area contributed by atoms with Crippen molar-refractivity contribution in [3.8, 4) is 0 Å². The van der Waals surface area contributed by atoms with Crippen molar-refractivity contribution in [1.29, 1.82) is 0 Å². The lowest BCUT2D eigenvalue weighted by molar-refractivity contribution is -0.117. The molecule has 0 spiro atoms. The normalized spacial score (nSPS) is 15.7. The van der Waals surface area contributed by atoms with Crippen LogP contribution in [-0.4, -0.2) is 41.6 Å². The average molecular weight is 405 g/mol. The minimum Gasteiger partial charge on any atom is -0.326 e. The van der Waals surface area contributed by atoms with Crippen molar-refractivity contribution in [2.45, 2.75) is 32.6 Å². The summed E-state index contributed by atoms with van der Waals surface area (Å²) in [5, 5.41) is 2.85. The molecular formula is C23H23N3O4. The SMILES string of the molecule is Cc1cc(NC(=O)CCCN2C(=O)c3ccccc3C2=O)ccc1N1CCCC1=O. The molecule has 4 amide bonds. The van der Waals surface area contributed by atoms with E-state index in [2.05, 4.69) is 5.32 Å². The lowest BCUT2D eigenvalue weighted by Crippen LogP contribution is -2.31. The Kier molecular flexibility index (Phi) is 5.35. The van der Waals surface area contributed by atoms with Crippen LogP contribution in [0.5, 0.6) is 0 Å². The van der Waals surface area contributed by atoms with E-state index in [4.69, 9.17) is 0 Å². The predicted octanol–water partition coefficient (Wildman–Crippen LogP) is 3.14. The van der Waals surface area contributed by atoms with Gasteiger partial charge in [-0.2, -0.15) is 0 Å². The number of nitrogens with one attached hydrogen (secondary N) is 1. The van der Waals surface area contributed by atoms with E-state index in [1.54, 1.807) is 35.2 Å². The number of imide groups is 1. The van der Waals surface area contributed by atoms with E-state index in [9.17, 15) is 19.2 Å². The van der Waals surface area contributed by atoms with E-state index >= 15 is 0 Å². The first-order valence-corrected chi connectivity index (χ1v) is 10.1. The number of hydrogen-bond donors (Lipinski definition) is 1. The van der Waals surface area contributed by atoms with Gasteiger partial charge in [-0.05, 0) is 55.7 Å². The van der Waals surface area contributed by atoms with Crippen LogP contribution < -0.4 is 10.2 Å². The molecule has 2 aromatic rings. The van der Waals surface area contributed by atoms with Crippen molar-refractivity contribution in [3.63, 3.8) is 0 Å². The minimum atomic E-state index is -0.307. The van der Waals surface area contributed by atoms with Crippen molar-refractivity contribution in [2.24, 2.45) is 0 Å². The van der Waals surface area contributed by atoms with Crippen LogP contribution in [-0.2, 0) is 9.59 Å². The van der Waals surface area contributed by atoms with E-state index in [1.807, 2.05) is 19.1 Å². The molecule has 2 aliphatic heterocycles. The number of anilines is 2. The molecule has 7 heteroatoms. The fraction of sp³-hybridized carbons (Fsp3) is 0.304. The lowest BCUT2D eigenvalue weighted by atomic mass is 10.1. The summed E-state index contributed by atoms with van der Waals surface area (Å²) in [5.74, 6) is -0.670. The molecule has 0 radical (unpaired) electrons. The maximum Gasteiger partial charge on any atom is 0.261 e. The summed E-state index contributed by atoms with van der Waals surface area (Å²) in [7, 11) is 0. The Morgan fingerprint density at radius 2 is 1.73 bits per heavy atom.